The first-order chi connectivity index (χ1) is 25.2. The Hall–Kier alpha value is -4.39. The van der Waals surface area contributed by atoms with Crippen LogP contribution in [-0.4, -0.2) is 87.6 Å². The summed E-state index contributed by atoms with van der Waals surface area (Å²) >= 11 is 5.35. The number of methoxy groups -OCH3 is 1. The molecule has 4 aromatic rings. The van der Waals surface area contributed by atoms with Crippen molar-refractivity contribution in [3.8, 4) is 28.4 Å². The van der Waals surface area contributed by atoms with Crippen molar-refractivity contribution in [1.82, 2.24) is 0 Å². The highest BCUT2D eigenvalue weighted by atomic mass is 32.9. The number of ether oxygens (including phenoxy) is 4. The number of carbonyl (C=O) groups excluding carboxylic acids is 4. The molecule has 3 aromatic carbocycles. The van der Waals surface area contributed by atoms with Crippen LogP contribution in [0.5, 0.6) is 17.2 Å². The van der Waals surface area contributed by atoms with Crippen molar-refractivity contribution in [3.63, 3.8) is 0 Å². The summed E-state index contributed by atoms with van der Waals surface area (Å²) in [7, 11) is 4.27. The minimum absolute atomic E-state index is 0.0272. The maximum absolute atomic E-state index is 13.9. The third-order valence-corrected chi connectivity index (χ3v) is 12.6. The predicted octanol–water partition coefficient (Wildman–Crippen LogP) is 4.39. The number of hydrogen-bond acceptors (Lipinski definition) is 16. The van der Waals surface area contributed by atoms with Gasteiger partial charge in [-0.25, -0.2) is 4.79 Å². The monoisotopic (exact) mass is 779 g/mol. The molecule has 13 nitrogen and oxygen atoms in total. The second-order valence-corrected chi connectivity index (χ2v) is 15.9. The van der Waals surface area contributed by atoms with Crippen molar-refractivity contribution in [2.24, 2.45) is 5.73 Å². The van der Waals surface area contributed by atoms with Gasteiger partial charge in [-0.05, 0) is 30.7 Å². The molecule has 7 rings (SSSR count). The van der Waals surface area contributed by atoms with Gasteiger partial charge in [-0.2, -0.15) is 0 Å². The van der Waals surface area contributed by atoms with Crippen molar-refractivity contribution in [1.29, 1.82) is 0 Å². The van der Waals surface area contributed by atoms with Crippen LogP contribution in [0.2, 0.25) is 0 Å². The summed E-state index contributed by atoms with van der Waals surface area (Å²) in [5.74, 6) is -4.76. The van der Waals surface area contributed by atoms with E-state index in [1.54, 1.807) is 19.1 Å². The lowest BCUT2D eigenvalue weighted by Gasteiger charge is -2.42. The van der Waals surface area contributed by atoms with Crippen molar-refractivity contribution in [2.45, 2.75) is 62.4 Å². The number of Topliss-reactive ketones (excluding diaryl/α,β-unsaturated/α-hetero) is 1. The molecule has 0 unspecified atom stereocenters. The topological polar surface area (TPSA) is 212 Å². The third kappa shape index (κ3) is 6.38. The van der Waals surface area contributed by atoms with Gasteiger partial charge in [0, 0.05) is 52.9 Å². The number of phenols is 2. The number of aliphatic hydroxyl groups is 2. The Kier molecular flexibility index (Phi) is 9.84. The molecule has 6 N–H and O–H groups in total. The summed E-state index contributed by atoms with van der Waals surface area (Å²) in [5, 5.41) is 47.7. The number of carbonyl (C=O) groups is 4. The highest BCUT2D eigenvalue weighted by molar-refractivity contribution is 7.79. The Morgan fingerprint density at radius 1 is 1.04 bits per heavy atom. The molecule has 1 fully saturated rings. The first kappa shape index (κ1) is 36.9. The fourth-order valence-corrected chi connectivity index (χ4v) is 9.53. The Labute approximate surface area is 314 Å². The molecule has 0 bridgehead atoms. The van der Waals surface area contributed by atoms with E-state index in [2.05, 4.69) is 0 Å². The Balaban J connectivity index is 1.22. The summed E-state index contributed by atoms with van der Waals surface area (Å²) in [6.07, 6.45) is -5.56. The number of benzene rings is 3. The van der Waals surface area contributed by atoms with Gasteiger partial charge in [0.2, 0.25) is 11.6 Å². The third-order valence-electron chi connectivity index (χ3n) is 9.94. The molecule has 3 aliphatic rings. The molecular formula is C37H33NO12S3. The molecule has 0 saturated carbocycles. The van der Waals surface area contributed by atoms with Crippen LogP contribution in [0.1, 0.15) is 79.2 Å². The number of aromatic hydroxyl groups is 2. The van der Waals surface area contributed by atoms with Gasteiger partial charge in [-0.3, -0.25) is 14.4 Å². The molecule has 0 amide bonds. The molecule has 1 aliphatic heterocycles. The van der Waals surface area contributed by atoms with Crippen molar-refractivity contribution < 1.29 is 58.6 Å². The van der Waals surface area contributed by atoms with Gasteiger partial charge < -0.3 is 45.1 Å². The van der Waals surface area contributed by atoms with Gasteiger partial charge in [-0.1, -0.05) is 57.2 Å². The van der Waals surface area contributed by atoms with E-state index >= 15 is 0 Å². The highest BCUT2D eigenvalue weighted by Gasteiger charge is 2.50. The smallest absolute Gasteiger partial charge is 0.338 e. The number of fused-ring (bicyclic) bond motifs is 3. The molecule has 1 aromatic heterocycles. The lowest BCUT2D eigenvalue weighted by molar-refractivity contribution is -0.247. The lowest BCUT2D eigenvalue weighted by Crippen LogP contribution is -2.53. The summed E-state index contributed by atoms with van der Waals surface area (Å²) in [4.78, 5) is 54.5. The van der Waals surface area contributed by atoms with Crippen LogP contribution in [0.3, 0.4) is 0 Å². The van der Waals surface area contributed by atoms with E-state index in [-0.39, 0.29) is 40.0 Å². The van der Waals surface area contributed by atoms with E-state index in [1.165, 1.54) is 58.1 Å². The first-order valence-corrected chi connectivity index (χ1v) is 19.1. The Morgan fingerprint density at radius 3 is 2.42 bits per heavy atom. The van der Waals surface area contributed by atoms with E-state index in [4.69, 9.17) is 36.9 Å². The summed E-state index contributed by atoms with van der Waals surface area (Å²) in [5.41, 5.74) is 3.97. The summed E-state index contributed by atoms with van der Waals surface area (Å²) in [6, 6.07) is 10.0. The van der Waals surface area contributed by atoms with Crippen LogP contribution < -0.4 is 10.5 Å². The van der Waals surface area contributed by atoms with E-state index in [9.17, 15) is 39.6 Å². The van der Waals surface area contributed by atoms with E-state index in [0.29, 0.717) is 3.82 Å². The maximum Gasteiger partial charge on any atom is 0.338 e. The van der Waals surface area contributed by atoms with E-state index in [1.807, 2.05) is 5.38 Å². The van der Waals surface area contributed by atoms with Crippen molar-refractivity contribution >= 4 is 56.2 Å². The maximum atomic E-state index is 13.9. The van der Waals surface area contributed by atoms with Crippen molar-refractivity contribution in [2.75, 3.05) is 13.7 Å². The molecule has 16 heteroatoms. The molecule has 0 spiro atoms. The highest BCUT2D eigenvalue weighted by Crippen LogP contribution is 2.52. The van der Waals surface area contributed by atoms with Gasteiger partial charge >= 0.3 is 5.97 Å². The van der Waals surface area contributed by atoms with E-state index < -0.39 is 102 Å². The Morgan fingerprint density at radius 2 is 1.75 bits per heavy atom. The summed E-state index contributed by atoms with van der Waals surface area (Å²) < 4.78 is 23.4. The average Bonchev–Trinajstić information content (AvgIpc) is 3.58. The van der Waals surface area contributed by atoms with E-state index in [0.717, 1.165) is 11.1 Å². The second-order valence-electron chi connectivity index (χ2n) is 13.2. The number of ketones is 3. The molecule has 53 heavy (non-hydrogen) atoms. The predicted molar refractivity (Wildman–Crippen MR) is 193 cm³/mol. The normalized spacial score (nSPS) is 24.9. The second kappa shape index (κ2) is 14.1. The quantitative estimate of drug-likeness (QED) is 0.0640. The van der Waals surface area contributed by atoms with Crippen LogP contribution in [0.25, 0.3) is 11.1 Å². The van der Waals surface area contributed by atoms with Crippen LogP contribution in [-0.2, 0) is 25.4 Å². The molecule has 0 radical (unpaired) electrons. The fourth-order valence-electron chi connectivity index (χ4n) is 7.13. The molecule has 6 atom stereocenters. The SMILES string of the molecule is COc1cccc2c1C(=O)c1c(O)c3c(c(O)c1C2=O)C[C@@](O)(C(=O)COC(=O)c1ccc(-c2cssc2=S)cc1)C[C@@H]3O[C@H]1C[C@H](N)[C@H](O)[C@H](C)O1. The van der Waals surface area contributed by atoms with Gasteiger partial charge in [0.1, 0.15) is 26.7 Å². The molecular weight excluding hydrogens is 747 g/mol. The van der Waals surface area contributed by atoms with Gasteiger partial charge in [0.05, 0.1) is 47.7 Å². The minimum atomic E-state index is -2.37. The van der Waals surface area contributed by atoms with Crippen LogP contribution in [0.4, 0.5) is 0 Å². The zero-order valence-corrected chi connectivity index (χ0v) is 30.6. The van der Waals surface area contributed by atoms with Crippen molar-refractivity contribution in [3.05, 3.63) is 90.6 Å². The minimum Gasteiger partial charge on any atom is -0.507 e. The van der Waals surface area contributed by atoms with Crippen LogP contribution >= 0.6 is 32.9 Å². The van der Waals surface area contributed by atoms with Crippen LogP contribution in [0.15, 0.2) is 47.8 Å². The number of phenolic OH excluding ortho intramolecular Hbond substituents is 2. The fraction of sp³-hybridized carbons (Fsp3) is 0.324. The number of hydrogen-bond donors (Lipinski definition) is 5. The van der Waals surface area contributed by atoms with Gasteiger partial charge in [0.25, 0.3) is 0 Å². The largest absolute Gasteiger partial charge is 0.507 e. The zero-order valence-electron chi connectivity index (χ0n) is 28.2. The summed E-state index contributed by atoms with van der Waals surface area (Å²) in [6.45, 7) is 0.697. The number of esters is 1. The lowest BCUT2D eigenvalue weighted by atomic mass is 9.72. The standard InChI is InChI=1S/C37H33NO12S3/c1-15-30(40)21(38)10-25(49-15)50-23-12-37(46,24(39)13-48-35(45)17-8-6-16(7-9-17)20-14-52-53-36(20)51)11-19-27(23)34(44)29-28(32(19)42)31(41)18-4-3-5-22(47-2)26(18)33(29)43/h3-9,14-15,21,23,25,30,40,42,44,46H,10-13,38H2,1-2H3/t15-,21-,23-,25-,30+,37-/m0/s1. The Bertz CT molecular complexity index is 2220. The van der Waals surface area contributed by atoms with Gasteiger partial charge in [0.15, 0.2) is 18.7 Å². The first-order valence-electron chi connectivity index (χ1n) is 16.5. The molecule has 1 saturated heterocycles. The number of aliphatic hydroxyl groups excluding tert-OH is 1. The zero-order chi connectivity index (χ0) is 37.9. The van der Waals surface area contributed by atoms with Crippen LogP contribution in [0, 0.1) is 3.82 Å². The molecule has 2 heterocycles. The molecule has 276 valence electrons. The average molecular weight is 780 g/mol. The molecule has 2 aliphatic carbocycles. The number of nitrogens with two attached hydrogens (primary N) is 1. The van der Waals surface area contributed by atoms with Gasteiger partial charge in [-0.15, -0.1) is 0 Å². The number of rotatable bonds is 8.